The lowest BCUT2D eigenvalue weighted by atomic mass is 10.1. The zero-order chi connectivity index (χ0) is 15.8. The lowest BCUT2D eigenvalue weighted by Gasteiger charge is -2.12. The van der Waals surface area contributed by atoms with E-state index in [-0.39, 0.29) is 0 Å². The summed E-state index contributed by atoms with van der Waals surface area (Å²) >= 11 is 0. The first kappa shape index (κ1) is 14.0. The Kier molecular flexibility index (Phi) is 3.35. The smallest absolute Gasteiger partial charge is 0.146 e. The molecule has 3 heterocycles. The Bertz CT molecular complexity index is 836. The molecule has 5 heteroatoms. The second-order valence-electron chi connectivity index (χ2n) is 5.87. The van der Waals surface area contributed by atoms with E-state index in [0.717, 1.165) is 22.9 Å². The molecule has 23 heavy (non-hydrogen) atoms. The van der Waals surface area contributed by atoms with Gasteiger partial charge in [0.25, 0.3) is 0 Å². The van der Waals surface area contributed by atoms with E-state index in [9.17, 15) is 0 Å². The standard InChI is InChI=1S/C18H18N4O/c1-21(2)17-6-4-13(10-20-17)18-19-7-8-22(18)16-5-3-14-11-23-12-15(14)9-16/h3-10H,11-12H2,1-2H3. The lowest BCUT2D eigenvalue weighted by Crippen LogP contribution is -2.10. The minimum absolute atomic E-state index is 0.687. The van der Waals surface area contributed by atoms with E-state index >= 15 is 0 Å². The topological polar surface area (TPSA) is 43.2 Å². The molecule has 2 aromatic heterocycles. The molecular formula is C18H18N4O. The maximum absolute atomic E-state index is 5.50. The minimum atomic E-state index is 0.687. The van der Waals surface area contributed by atoms with Crippen molar-refractivity contribution in [2.75, 3.05) is 19.0 Å². The van der Waals surface area contributed by atoms with Crippen LogP contribution in [0.5, 0.6) is 0 Å². The van der Waals surface area contributed by atoms with Crippen LogP contribution >= 0.6 is 0 Å². The van der Waals surface area contributed by atoms with Gasteiger partial charge in [-0.25, -0.2) is 9.97 Å². The molecule has 5 nitrogen and oxygen atoms in total. The quantitative estimate of drug-likeness (QED) is 0.746. The highest BCUT2D eigenvalue weighted by Gasteiger charge is 2.14. The van der Waals surface area contributed by atoms with Crippen molar-refractivity contribution < 1.29 is 4.74 Å². The molecule has 0 saturated carbocycles. The summed E-state index contributed by atoms with van der Waals surface area (Å²) in [6.07, 6.45) is 5.66. The van der Waals surface area contributed by atoms with E-state index < -0.39 is 0 Å². The van der Waals surface area contributed by atoms with E-state index in [1.54, 1.807) is 0 Å². The van der Waals surface area contributed by atoms with Crippen LogP contribution in [0.1, 0.15) is 11.1 Å². The number of ether oxygens (including phenoxy) is 1. The SMILES string of the molecule is CN(C)c1ccc(-c2nccn2-c2ccc3c(c2)COC3)cn1. The first-order chi connectivity index (χ1) is 11.2. The van der Waals surface area contributed by atoms with Crippen molar-refractivity contribution in [2.45, 2.75) is 13.2 Å². The molecule has 1 aliphatic heterocycles. The average molecular weight is 306 g/mol. The number of rotatable bonds is 3. The first-order valence-corrected chi connectivity index (χ1v) is 7.59. The highest BCUT2D eigenvalue weighted by atomic mass is 16.5. The molecule has 3 aromatic rings. The Morgan fingerprint density at radius 1 is 1.04 bits per heavy atom. The van der Waals surface area contributed by atoms with Gasteiger partial charge in [-0.15, -0.1) is 0 Å². The van der Waals surface area contributed by atoms with Gasteiger partial charge < -0.3 is 9.64 Å². The van der Waals surface area contributed by atoms with Gasteiger partial charge in [-0.05, 0) is 35.4 Å². The number of hydrogen-bond acceptors (Lipinski definition) is 4. The molecule has 0 bridgehead atoms. The van der Waals surface area contributed by atoms with Crippen LogP contribution in [-0.2, 0) is 18.0 Å². The average Bonchev–Trinajstić information content (AvgIpc) is 3.23. The molecule has 0 fully saturated rings. The van der Waals surface area contributed by atoms with Gasteiger partial charge in [-0.2, -0.15) is 0 Å². The van der Waals surface area contributed by atoms with E-state index in [0.29, 0.717) is 13.2 Å². The summed E-state index contributed by atoms with van der Waals surface area (Å²) < 4.78 is 7.59. The van der Waals surface area contributed by atoms with E-state index in [4.69, 9.17) is 4.74 Å². The number of pyridine rings is 1. The van der Waals surface area contributed by atoms with Crippen molar-refractivity contribution in [2.24, 2.45) is 0 Å². The Morgan fingerprint density at radius 3 is 2.70 bits per heavy atom. The van der Waals surface area contributed by atoms with Crippen molar-refractivity contribution in [3.05, 3.63) is 60.0 Å². The van der Waals surface area contributed by atoms with Gasteiger partial charge in [-0.3, -0.25) is 4.57 Å². The fourth-order valence-corrected chi connectivity index (χ4v) is 2.82. The third-order valence-corrected chi connectivity index (χ3v) is 4.09. The van der Waals surface area contributed by atoms with Gasteiger partial charge in [0.05, 0.1) is 13.2 Å². The molecule has 0 spiro atoms. The van der Waals surface area contributed by atoms with Crippen molar-refractivity contribution in [3.63, 3.8) is 0 Å². The predicted octanol–water partition coefficient (Wildman–Crippen LogP) is 3.03. The molecule has 0 radical (unpaired) electrons. The summed E-state index contributed by atoms with van der Waals surface area (Å²) in [4.78, 5) is 11.0. The third kappa shape index (κ3) is 2.49. The van der Waals surface area contributed by atoms with Crippen LogP contribution in [0.4, 0.5) is 5.82 Å². The number of hydrogen-bond donors (Lipinski definition) is 0. The molecule has 0 aliphatic carbocycles. The Balaban J connectivity index is 1.73. The van der Waals surface area contributed by atoms with Crippen molar-refractivity contribution in [1.29, 1.82) is 0 Å². The van der Waals surface area contributed by atoms with E-state index in [1.807, 2.05) is 43.7 Å². The molecule has 0 saturated heterocycles. The fourth-order valence-electron chi connectivity index (χ4n) is 2.82. The fraction of sp³-hybridized carbons (Fsp3) is 0.222. The van der Waals surface area contributed by atoms with Gasteiger partial charge in [0.15, 0.2) is 0 Å². The van der Waals surface area contributed by atoms with Crippen LogP contribution in [0.25, 0.3) is 17.1 Å². The Morgan fingerprint density at radius 2 is 1.91 bits per heavy atom. The predicted molar refractivity (Wildman–Crippen MR) is 89.6 cm³/mol. The highest BCUT2D eigenvalue weighted by Crippen LogP contribution is 2.26. The molecule has 0 atom stereocenters. The minimum Gasteiger partial charge on any atom is -0.372 e. The van der Waals surface area contributed by atoms with E-state index in [1.165, 1.54) is 11.1 Å². The monoisotopic (exact) mass is 306 g/mol. The number of imidazole rings is 1. The van der Waals surface area contributed by atoms with Crippen LogP contribution in [0.3, 0.4) is 0 Å². The number of fused-ring (bicyclic) bond motifs is 1. The zero-order valence-corrected chi connectivity index (χ0v) is 13.2. The molecule has 1 aromatic carbocycles. The molecular weight excluding hydrogens is 288 g/mol. The van der Waals surface area contributed by atoms with Crippen molar-refractivity contribution >= 4 is 5.82 Å². The Labute approximate surface area is 135 Å². The van der Waals surface area contributed by atoms with Crippen LogP contribution in [0.15, 0.2) is 48.9 Å². The van der Waals surface area contributed by atoms with Gasteiger partial charge in [0.2, 0.25) is 0 Å². The van der Waals surface area contributed by atoms with Gasteiger partial charge in [0.1, 0.15) is 11.6 Å². The molecule has 116 valence electrons. The van der Waals surface area contributed by atoms with Crippen LogP contribution < -0.4 is 4.90 Å². The number of anilines is 1. The summed E-state index contributed by atoms with van der Waals surface area (Å²) in [5.74, 6) is 1.82. The van der Waals surface area contributed by atoms with E-state index in [2.05, 4.69) is 38.8 Å². The first-order valence-electron chi connectivity index (χ1n) is 7.59. The van der Waals surface area contributed by atoms with Crippen LogP contribution in [-0.4, -0.2) is 28.6 Å². The third-order valence-electron chi connectivity index (χ3n) is 4.09. The molecule has 1 aliphatic rings. The van der Waals surface area contributed by atoms with Crippen LogP contribution in [0, 0.1) is 0 Å². The molecule has 0 amide bonds. The number of nitrogens with zero attached hydrogens (tertiary/aromatic N) is 4. The van der Waals surface area contributed by atoms with Crippen LogP contribution in [0.2, 0.25) is 0 Å². The maximum Gasteiger partial charge on any atom is 0.146 e. The summed E-state index contributed by atoms with van der Waals surface area (Å²) in [5, 5.41) is 0. The van der Waals surface area contributed by atoms with Gasteiger partial charge >= 0.3 is 0 Å². The normalized spacial score (nSPS) is 13.1. The summed E-state index contributed by atoms with van der Waals surface area (Å²) in [7, 11) is 3.96. The zero-order valence-electron chi connectivity index (χ0n) is 13.2. The molecule has 0 unspecified atom stereocenters. The lowest BCUT2D eigenvalue weighted by molar-refractivity contribution is 0.134. The second kappa shape index (κ2) is 5.52. The highest BCUT2D eigenvalue weighted by molar-refractivity contribution is 5.60. The summed E-state index contributed by atoms with van der Waals surface area (Å²) in [5.41, 5.74) is 4.62. The largest absolute Gasteiger partial charge is 0.372 e. The van der Waals surface area contributed by atoms with Gasteiger partial charge in [0, 0.05) is 43.9 Å². The van der Waals surface area contributed by atoms with Crippen molar-refractivity contribution in [3.8, 4) is 17.1 Å². The van der Waals surface area contributed by atoms with Gasteiger partial charge in [-0.1, -0.05) is 6.07 Å². The molecule has 4 rings (SSSR count). The number of benzene rings is 1. The maximum atomic E-state index is 5.50. The summed E-state index contributed by atoms with van der Waals surface area (Å²) in [6.45, 7) is 1.40. The molecule has 0 N–H and O–H groups in total. The number of aromatic nitrogens is 3. The Hall–Kier alpha value is -2.66. The second-order valence-corrected chi connectivity index (χ2v) is 5.87. The van der Waals surface area contributed by atoms with Crippen molar-refractivity contribution in [1.82, 2.24) is 14.5 Å². The summed E-state index contributed by atoms with van der Waals surface area (Å²) in [6, 6.07) is 10.5.